The van der Waals surface area contributed by atoms with Gasteiger partial charge in [0.05, 0.1) is 5.56 Å². The Hall–Kier alpha value is -2.52. The zero-order valence-electron chi connectivity index (χ0n) is 14.2. The van der Waals surface area contributed by atoms with Gasteiger partial charge in [-0.05, 0) is 36.6 Å². The molecule has 1 aromatic heterocycles. The molecule has 0 radical (unpaired) electrons. The van der Waals surface area contributed by atoms with Crippen molar-refractivity contribution in [1.82, 2.24) is 8.87 Å². The molecule has 2 bridgehead atoms. The molecule has 1 saturated heterocycles. The molecule has 4 rings (SSSR count). The van der Waals surface area contributed by atoms with E-state index in [2.05, 4.69) is 0 Å². The summed E-state index contributed by atoms with van der Waals surface area (Å²) in [5.74, 6) is -2.58. The molecule has 2 atom stereocenters. The third kappa shape index (κ3) is 2.96. The van der Waals surface area contributed by atoms with Crippen molar-refractivity contribution >= 4 is 16.0 Å². The van der Waals surface area contributed by atoms with E-state index in [-0.39, 0.29) is 36.0 Å². The summed E-state index contributed by atoms with van der Waals surface area (Å²) < 4.78 is 43.2. The zero-order chi connectivity index (χ0) is 19.3. The highest BCUT2D eigenvalue weighted by Crippen LogP contribution is 2.37. The molecule has 0 unspecified atom stereocenters. The fraction of sp³-hybridized carbons (Fsp3) is 0.333. The number of hydrogen-bond acceptors (Lipinski definition) is 4. The van der Waals surface area contributed by atoms with Gasteiger partial charge in [0.15, 0.2) is 0 Å². The van der Waals surface area contributed by atoms with E-state index < -0.39 is 26.7 Å². The van der Waals surface area contributed by atoms with Gasteiger partial charge in [-0.25, -0.2) is 17.6 Å². The first-order valence-electron chi connectivity index (χ1n) is 8.50. The Labute approximate surface area is 154 Å². The topological polar surface area (TPSA) is 96.7 Å². The largest absolute Gasteiger partial charge is 0.478 e. The SMILES string of the molecule is O=C(O)c1ccc(S(=O)(=O)N2C[C@@H]3C[C@H](C2)c2cccc(=O)n2C3)c(F)c1. The molecular formula is C18H17FN2O5S. The van der Waals surface area contributed by atoms with E-state index in [1.165, 1.54) is 10.4 Å². The minimum Gasteiger partial charge on any atom is -0.478 e. The van der Waals surface area contributed by atoms with E-state index in [0.717, 1.165) is 30.3 Å². The fourth-order valence-corrected chi connectivity index (χ4v) is 5.64. The van der Waals surface area contributed by atoms with Crippen molar-refractivity contribution in [3.8, 4) is 0 Å². The van der Waals surface area contributed by atoms with Crippen LogP contribution in [-0.4, -0.2) is 41.5 Å². The van der Waals surface area contributed by atoms with E-state index in [9.17, 15) is 22.4 Å². The summed E-state index contributed by atoms with van der Waals surface area (Å²) in [4.78, 5) is 22.5. The normalized spacial score (nSPS) is 22.3. The average molecular weight is 392 g/mol. The van der Waals surface area contributed by atoms with Gasteiger partial charge < -0.3 is 9.67 Å². The second-order valence-corrected chi connectivity index (χ2v) is 8.88. The molecule has 2 aliphatic heterocycles. The van der Waals surface area contributed by atoms with Crippen molar-refractivity contribution in [3.05, 3.63) is 63.8 Å². The Morgan fingerprint density at radius 3 is 2.63 bits per heavy atom. The lowest BCUT2D eigenvalue weighted by atomic mass is 9.84. The minimum absolute atomic E-state index is 0.0347. The van der Waals surface area contributed by atoms with Crippen LogP contribution in [0.25, 0.3) is 0 Å². The van der Waals surface area contributed by atoms with Gasteiger partial charge in [-0.2, -0.15) is 4.31 Å². The van der Waals surface area contributed by atoms with Crippen molar-refractivity contribution in [2.45, 2.75) is 23.8 Å². The number of halogens is 1. The number of carbonyl (C=O) groups is 1. The Bertz CT molecular complexity index is 1100. The van der Waals surface area contributed by atoms with Gasteiger partial charge in [-0.1, -0.05) is 6.07 Å². The molecule has 142 valence electrons. The molecule has 1 aromatic carbocycles. The molecule has 3 heterocycles. The molecule has 27 heavy (non-hydrogen) atoms. The number of pyridine rings is 1. The fourth-order valence-electron chi connectivity index (χ4n) is 4.03. The third-order valence-corrected chi connectivity index (χ3v) is 7.11. The Kier molecular flexibility index (Phi) is 4.15. The molecule has 0 amide bonds. The van der Waals surface area contributed by atoms with Crippen molar-refractivity contribution in [1.29, 1.82) is 0 Å². The molecular weight excluding hydrogens is 375 g/mol. The highest BCUT2D eigenvalue weighted by molar-refractivity contribution is 7.89. The van der Waals surface area contributed by atoms with Crippen LogP contribution >= 0.6 is 0 Å². The number of piperidine rings is 1. The zero-order valence-corrected chi connectivity index (χ0v) is 15.0. The van der Waals surface area contributed by atoms with Crippen LogP contribution in [0.15, 0.2) is 46.1 Å². The van der Waals surface area contributed by atoms with Crippen molar-refractivity contribution in [2.24, 2.45) is 5.92 Å². The van der Waals surface area contributed by atoms with E-state index in [1.54, 1.807) is 10.6 Å². The van der Waals surface area contributed by atoms with E-state index >= 15 is 0 Å². The highest BCUT2D eigenvalue weighted by Gasteiger charge is 2.40. The first kappa shape index (κ1) is 17.9. The summed E-state index contributed by atoms with van der Waals surface area (Å²) in [7, 11) is -4.11. The maximum absolute atomic E-state index is 14.3. The number of hydrogen-bond donors (Lipinski definition) is 1. The summed E-state index contributed by atoms with van der Waals surface area (Å²) >= 11 is 0. The van der Waals surface area contributed by atoms with Crippen LogP contribution in [0.4, 0.5) is 4.39 Å². The first-order valence-corrected chi connectivity index (χ1v) is 9.94. The third-order valence-electron chi connectivity index (χ3n) is 5.24. The standard InChI is InChI=1S/C18H17FN2O5S/c19-14-7-12(18(23)24)4-5-16(14)27(25,26)20-8-11-6-13(10-20)15-2-1-3-17(22)21(15)9-11/h1-5,7,11,13H,6,8-10H2,(H,23,24)/t11-,13+/m0/s1. The predicted molar refractivity (Wildman–Crippen MR) is 93.7 cm³/mol. The van der Waals surface area contributed by atoms with Crippen LogP contribution in [0, 0.1) is 11.7 Å². The molecule has 7 nitrogen and oxygen atoms in total. The minimum atomic E-state index is -4.11. The summed E-state index contributed by atoms with van der Waals surface area (Å²) in [6, 6.07) is 7.76. The van der Waals surface area contributed by atoms with Gasteiger partial charge in [-0.3, -0.25) is 4.79 Å². The maximum Gasteiger partial charge on any atom is 0.335 e. The number of benzene rings is 1. The average Bonchev–Trinajstić information content (AvgIpc) is 2.62. The Morgan fingerprint density at radius 1 is 1.15 bits per heavy atom. The quantitative estimate of drug-likeness (QED) is 0.854. The van der Waals surface area contributed by atoms with E-state index in [4.69, 9.17) is 5.11 Å². The molecule has 9 heteroatoms. The number of fused-ring (bicyclic) bond motifs is 4. The summed E-state index contributed by atoms with van der Waals surface area (Å²) in [5.41, 5.74) is 0.379. The molecule has 0 aliphatic carbocycles. The molecule has 1 fully saturated rings. The van der Waals surface area contributed by atoms with Gasteiger partial charge in [0.1, 0.15) is 10.7 Å². The number of rotatable bonds is 3. The number of sulfonamides is 1. The number of carboxylic acid groups (broad SMARTS) is 1. The number of carboxylic acids is 1. The van der Waals surface area contributed by atoms with Crippen LogP contribution in [-0.2, 0) is 16.6 Å². The number of aromatic carboxylic acids is 1. The van der Waals surface area contributed by atoms with Crippen molar-refractivity contribution < 1.29 is 22.7 Å². The smallest absolute Gasteiger partial charge is 0.335 e. The summed E-state index contributed by atoms with van der Waals surface area (Å²) in [5, 5.41) is 8.92. The van der Waals surface area contributed by atoms with Crippen molar-refractivity contribution in [2.75, 3.05) is 13.1 Å². The van der Waals surface area contributed by atoms with Gasteiger partial charge in [0, 0.05) is 37.3 Å². The monoisotopic (exact) mass is 392 g/mol. The number of aromatic nitrogens is 1. The van der Waals surface area contributed by atoms with Gasteiger partial charge in [0.2, 0.25) is 10.0 Å². The van der Waals surface area contributed by atoms with E-state index in [1.807, 2.05) is 6.07 Å². The highest BCUT2D eigenvalue weighted by atomic mass is 32.2. The van der Waals surface area contributed by atoms with Gasteiger partial charge >= 0.3 is 5.97 Å². The molecule has 2 aromatic rings. The second kappa shape index (κ2) is 6.28. The maximum atomic E-state index is 14.3. The van der Waals surface area contributed by atoms with Crippen LogP contribution in [0.1, 0.15) is 28.4 Å². The van der Waals surface area contributed by atoms with Crippen LogP contribution in [0.5, 0.6) is 0 Å². The van der Waals surface area contributed by atoms with Crippen LogP contribution < -0.4 is 5.56 Å². The lowest BCUT2D eigenvalue weighted by Gasteiger charge is -2.42. The summed E-state index contributed by atoms with van der Waals surface area (Å²) in [6.07, 6.45) is 0.774. The van der Waals surface area contributed by atoms with Gasteiger partial charge in [-0.15, -0.1) is 0 Å². The molecule has 2 aliphatic rings. The van der Waals surface area contributed by atoms with Crippen molar-refractivity contribution in [3.63, 3.8) is 0 Å². The molecule has 0 spiro atoms. The van der Waals surface area contributed by atoms with Gasteiger partial charge in [0.25, 0.3) is 5.56 Å². The summed E-state index contributed by atoms with van der Waals surface area (Å²) in [6.45, 7) is 0.778. The first-order chi connectivity index (χ1) is 12.8. The van der Waals surface area contributed by atoms with E-state index in [0.29, 0.717) is 6.54 Å². The Balaban J connectivity index is 1.69. The second-order valence-electron chi connectivity index (χ2n) is 6.97. The lowest BCUT2D eigenvalue weighted by Crippen LogP contribution is -2.49. The van der Waals surface area contributed by atoms with Crippen LogP contribution in [0.3, 0.4) is 0 Å². The molecule has 1 N–H and O–H groups in total. The number of nitrogens with zero attached hydrogens (tertiary/aromatic N) is 2. The molecule has 0 saturated carbocycles. The lowest BCUT2D eigenvalue weighted by molar-refractivity contribution is 0.0696. The van der Waals surface area contributed by atoms with Crippen LogP contribution in [0.2, 0.25) is 0 Å². The Morgan fingerprint density at radius 2 is 1.93 bits per heavy atom. The predicted octanol–water partition coefficient (Wildman–Crippen LogP) is 1.49.